The maximum atomic E-state index is 17.3. The van der Waals surface area contributed by atoms with Crippen LogP contribution in [0.15, 0.2) is 114 Å². The lowest BCUT2D eigenvalue weighted by Gasteiger charge is -2.37. The van der Waals surface area contributed by atoms with Crippen molar-refractivity contribution in [2.75, 3.05) is 39.4 Å². The van der Waals surface area contributed by atoms with Gasteiger partial charge in [0, 0.05) is 12.6 Å². The van der Waals surface area contributed by atoms with Crippen molar-refractivity contribution in [3.05, 3.63) is 142 Å². The number of rotatable bonds is 55. The van der Waals surface area contributed by atoms with E-state index in [4.69, 9.17) is 33.2 Å². The number of alkyl halides is 1. The van der Waals surface area contributed by atoms with Crippen LogP contribution in [-0.4, -0.2) is 79.6 Å². The van der Waals surface area contributed by atoms with Crippen LogP contribution in [0.3, 0.4) is 0 Å². The van der Waals surface area contributed by atoms with Crippen LogP contribution in [0, 0.1) is 0 Å². The first-order valence-corrected chi connectivity index (χ1v) is 37.8. The van der Waals surface area contributed by atoms with Crippen LogP contribution in [0.25, 0.3) is 0 Å². The molecule has 97 heavy (non-hydrogen) atoms. The van der Waals surface area contributed by atoms with Crippen LogP contribution in [0.5, 0.6) is 23.0 Å². The van der Waals surface area contributed by atoms with Gasteiger partial charge >= 0.3 is 11.7 Å². The van der Waals surface area contributed by atoms with Gasteiger partial charge in [0.05, 0.1) is 46.0 Å². The Morgan fingerprint density at radius 2 is 0.959 bits per heavy atom. The lowest BCUT2D eigenvalue weighted by molar-refractivity contribution is -0.158. The number of methoxy groups -OCH3 is 2. The predicted octanol–water partition coefficient (Wildman–Crippen LogP) is 20.9. The van der Waals surface area contributed by atoms with Gasteiger partial charge in [0.15, 0.2) is 30.0 Å². The minimum atomic E-state index is -2.11. The molecule has 0 bridgehead atoms. The topological polar surface area (TPSA) is 163 Å². The molecule has 5 aromatic rings. The zero-order valence-electron chi connectivity index (χ0n) is 60.0. The van der Waals surface area contributed by atoms with Crippen LogP contribution in [0.2, 0.25) is 0 Å². The summed E-state index contributed by atoms with van der Waals surface area (Å²) in [5.41, 5.74) is 0.0356. The molecule has 0 radical (unpaired) electrons. The van der Waals surface area contributed by atoms with E-state index in [0.29, 0.717) is 47.3 Å². The predicted molar refractivity (Wildman–Crippen MR) is 388 cm³/mol. The van der Waals surface area contributed by atoms with Gasteiger partial charge in [-0.05, 0) is 78.9 Å². The summed E-state index contributed by atoms with van der Waals surface area (Å²) in [6, 6.07) is 30.9. The molecule has 1 fully saturated rings. The number of aromatic nitrogens is 2. The van der Waals surface area contributed by atoms with Crippen molar-refractivity contribution in [3.8, 4) is 23.0 Å². The average molecular weight is 1340 g/mol. The van der Waals surface area contributed by atoms with E-state index < -0.39 is 47.8 Å². The highest BCUT2D eigenvalue weighted by Gasteiger charge is 2.51. The Morgan fingerprint density at radius 1 is 0.526 bits per heavy atom. The van der Waals surface area contributed by atoms with E-state index in [2.05, 4.69) is 24.1 Å². The third-order valence-corrected chi connectivity index (χ3v) is 18.9. The zero-order chi connectivity index (χ0) is 69.0. The van der Waals surface area contributed by atoms with Crippen molar-refractivity contribution in [1.82, 2.24) is 9.55 Å². The summed E-state index contributed by atoms with van der Waals surface area (Å²) in [4.78, 5) is 58.1. The molecule has 1 aromatic heterocycles. The van der Waals surface area contributed by atoms with Crippen LogP contribution in [0.4, 0.5) is 10.2 Å². The number of ether oxygens (including phenoxy) is 7. The molecule has 1 amide bonds. The van der Waals surface area contributed by atoms with E-state index in [1.807, 2.05) is 84.9 Å². The molecule has 6 rings (SSSR count). The van der Waals surface area contributed by atoms with Gasteiger partial charge in [-0.25, -0.2) is 9.18 Å². The van der Waals surface area contributed by atoms with E-state index in [1.165, 1.54) is 212 Å². The number of carbonyl (C=O) groups excluding carboxylic acids is 3. The normalized spacial score (nSPS) is 15.3. The first kappa shape index (κ1) is 79.4. The Kier molecular flexibility index (Phi) is 38.8. The molecule has 14 nitrogen and oxygen atoms in total. The highest BCUT2D eigenvalue weighted by Crippen LogP contribution is 2.44. The molecule has 4 aromatic carbocycles. The zero-order valence-corrected chi connectivity index (χ0v) is 60.0. The number of benzene rings is 4. The Bertz CT molecular complexity index is 2950. The van der Waals surface area contributed by atoms with Gasteiger partial charge in [-0.3, -0.25) is 14.2 Å². The third kappa shape index (κ3) is 28.3. The fraction of sp³-hybridized carbons (Fsp3) is 0.622. The summed E-state index contributed by atoms with van der Waals surface area (Å²) < 4.78 is 61.5. The number of esters is 1. The fourth-order valence-electron chi connectivity index (χ4n) is 13.1. The third-order valence-electron chi connectivity index (χ3n) is 18.9. The SMILES string of the molecule is CCCCCCCCCCCCCCCCCCCCOc1cccc(C(=O)Nc2ccn([C@@H]3O[C@H](COC(c4ccccc4)(c4ccc(OC)cc4)c4ccc(OC)cc4)[C@@H](OC(=O)CCC(C)=O)[C@H]3F)c(=O)n2)c1OCCCCCCCCCCCCCCCCCCCC. The van der Waals surface area contributed by atoms with Crippen LogP contribution in [0.1, 0.15) is 298 Å². The molecule has 4 atom stereocenters. The molecule has 1 saturated heterocycles. The largest absolute Gasteiger partial charge is 0.497 e. The standard InChI is InChI=1S/C82H120FN3O11/c1-6-8-10-12-14-16-18-20-22-24-26-28-30-32-34-36-38-43-62-93-72-49-45-48-71(77(72)94-63-44-39-37-35-33-31-29-27-25-23-21-19-17-15-13-11-9-7-2)79(89)84-74-60-61-86(81(90)85-74)80-76(83)78(97-75(88)59-50-65(3)87)73(96-80)64-95-82(66-46-41-40-42-47-66,67-51-55-69(91-4)56-52-67)68-53-57-70(92-5)58-54-68/h40-42,45-49,51-58,60-61,73,76,78,80H,6-39,43-44,50,59,62-64H2,1-5H3,(H,84,85,89,90)/t73-,76-,78-,80-/m1/s1. The van der Waals surface area contributed by atoms with Crippen molar-refractivity contribution in [2.45, 2.75) is 295 Å². The highest BCUT2D eigenvalue weighted by molar-refractivity contribution is 6.06. The lowest BCUT2D eigenvalue weighted by Crippen LogP contribution is -2.41. The van der Waals surface area contributed by atoms with Crippen molar-refractivity contribution in [2.24, 2.45) is 0 Å². The van der Waals surface area contributed by atoms with Crippen molar-refractivity contribution in [3.63, 3.8) is 0 Å². The molecule has 0 aliphatic carbocycles. The molecule has 2 heterocycles. The summed E-state index contributed by atoms with van der Waals surface area (Å²) in [6.45, 7) is 6.43. The molecule has 0 spiro atoms. The van der Waals surface area contributed by atoms with Gasteiger partial charge in [0.1, 0.15) is 34.8 Å². The van der Waals surface area contributed by atoms with Gasteiger partial charge in [-0.2, -0.15) is 4.98 Å². The number of nitrogens with zero attached hydrogens (tertiary/aromatic N) is 2. The maximum Gasteiger partial charge on any atom is 0.351 e. The summed E-state index contributed by atoms with van der Waals surface area (Å²) in [7, 11) is 3.16. The fourth-order valence-corrected chi connectivity index (χ4v) is 13.1. The van der Waals surface area contributed by atoms with Crippen LogP contribution in [-0.2, 0) is 29.4 Å². The quantitative estimate of drug-likeness (QED) is 0.0223. The number of Topliss-reactive ketones (excluding diaryl/α,β-unsaturated/α-hetero) is 1. The van der Waals surface area contributed by atoms with Crippen molar-refractivity contribution >= 4 is 23.5 Å². The number of nitrogens with one attached hydrogen (secondary N) is 1. The van der Waals surface area contributed by atoms with Gasteiger partial charge in [0.25, 0.3) is 5.91 Å². The number of halogens is 1. The maximum absolute atomic E-state index is 17.3. The molecule has 1 aliphatic rings. The molecule has 0 saturated carbocycles. The van der Waals surface area contributed by atoms with Gasteiger partial charge < -0.3 is 43.3 Å². The number of carbonyl (C=O) groups is 3. The number of anilines is 1. The Hall–Kier alpha value is -6.58. The number of para-hydroxylation sites is 1. The van der Waals surface area contributed by atoms with Gasteiger partial charge in [-0.15, -0.1) is 0 Å². The van der Waals surface area contributed by atoms with Crippen molar-refractivity contribution in [1.29, 1.82) is 0 Å². The monoisotopic (exact) mass is 1340 g/mol. The summed E-state index contributed by atoms with van der Waals surface area (Å²) in [6.07, 6.45) is 40.5. The number of ketones is 1. The molecular weight excluding hydrogens is 1220 g/mol. The molecule has 15 heteroatoms. The molecule has 0 unspecified atom stereocenters. The Labute approximate surface area is 581 Å². The van der Waals surface area contributed by atoms with Crippen molar-refractivity contribution < 1.29 is 51.9 Å². The minimum Gasteiger partial charge on any atom is -0.497 e. The van der Waals surface area contributed by atoms with E-state index in [-0.39, 0.29) is 36.6 Å². The van der Waals surface area contributed by atoms with Gasteiger partial charge in [0.2, 0.25) is 0 Å². The summed E-state index contributed by atoms with van der Waals surface area (Å²) in [5, 5.41) is 2.78. The molecular formula is C82H120FN3O11. The Morgan fingerprint density at radius 3 is 1.39 bits per heavy atom. The van der Waals surface area contributed by atoms with E-state index >= 15 is 4.39 Å². The Balaban J connectivity index is 1.08. The first-order valence-electron chi connectivity index (χ1n) is 37.8. The van der Waals surface area contributed by atoms with E-state index in [1.54, 1.807) is 26.4 Å². The summed E-state index contributed by atoms with van der Waals surface area (Å²) >= 11 is 0. The van der Waals surface area contributed by atoms with E-state index in [9.17, 15) is 19.2 Å². The lowest BCUT2D eigenvalue weighted by atomic mass is 9.80. The number of hydrogen-bond donors (Lipinski definition) is 1. The number of hydrogen-bond acceptors (Lipinski definition) is 12. The van der Waals surface area contributed by atoms with E-state index in [0.717, 1.165) is 48.7 Å². The molecule has 1 N–H and O–H groups in total. The van der Waals surface area contributed by atoms with Gasteiger partial charge in [-0.1, -0.05) is 293 Å². The number of unbranched alkanes of at least 4 members (excludes halogenated alkanes) is 34. The number of amides is 1. The van der Waals surface area contributed by atoms with Crippen LogP contribution < -0.4 is 30.0 Å². The smallest absolute Gasteiger partial charge is 0.351 e. The highest BCUT2D eigenvalue weighted by atomic mass is 19.1. The second-order valence-electron chi connectivity index (χ2n) is 26.8. The molecule has 536 valence electrons. The van der Waals surface area contributed by atoms with Crippen LogP contribution >= 0.6 is 0 Å². The minimum absolute atomic E-state index is 0.0852. The molecule has 1 aliphatic heterocycles. The average Bonchev–Trinajstić information content (AvgIpc) is 1.62. The second-order valence-corrected chi connectivity index (χ2v) is 26.8. The first-order chi connectivity index (χ1) is 47.5. The second kappa shape index (κ2) is 47.4. The summed E-state index contributed by atoms with van der Waals surface area (Å²) in [5.74, 6) is 0.322.